The number of thioether (sulfide) groups is 1. The fourth-order valence-corrected chi connectivity index (χ4v) is 4.61. The van der Waals surface area contributed by atoms with Crippen LogP contribution in [0.4, 0.5) is 10.5 Å². The molecule has 1 amide bonds. The molecular weight excluding hydrogens is 346 g/mol. The molecule has 1 fully saturated rings. The van der Waals surface area contributed by atoms with Crippen molar-refractivity contribution in [2.45, 2.75) is 39.3 Å². The van der Waals surface area contributed by atoms with Gasteiger partial charge in [-0.15, -0.1) is 0 Å². The van der Waals surface area contributed by atoms with E-state index in [1.54, 1.807) is 0 Å². The van der Waals surface area contributed by atoms with Crippen molar-refractivity contribution in [3.8, 4) is 0 Å². The zero-order valence-corrected chi connectivity index (χ0v) is 16.6. The Balaban J connectivity index is 1.61. The number of nitrogens with one attached hydrogen (secondary N) is 1. The summed E-state index contributed by atoms with van der Waals surface area (Å²) in [6, 6.07) is 6.69. The lowest BCUT2D eigenvalue weighted by atomic mass is 10.0. The lowest BCUT2D eigenvalue weighted by Crippen LogP contribution is -2.39. The van der Waals surface area contributed by atoms with Crippen LogP contribution in [-0.4, -0.2) is 52.7 Å². The first-order valence-electron chi connectivity index (χ1n) is 9.35. The molecule has 0 bridgehead atoms. The molecule has 5 nitrogen and oxygen atoms in total. The number of rotatable bonds is 1. The third-order valence-corrected chi connectivity index (χ3v) is 5.93. The monoisotopic (exact) mass is 373 g/mol. The van der Waals surface area contributed by atoms with E-state index in [-0.39, 0.29) is 6.09 Å². The molecule has 140 valence electrons. The second-order valence-electron chi connectivity index (χ2n) is 8.06. The van der Waals surface area contributed by atoms with Gasteiger partial charge in [0.15, 0.2) is 0 Å². The second kappa shape index (κ2) is 6.72. The molecule has 26 heavy (non-hydrogen) atoms. The summed E-state index contributed by atoms with van der Waals surface area (Å²) in [6.45, 7) is 9.26. The third kappa shape index (κ3) is 3.52. The molecule has 4 rings (SSSR count). The summed E-state index contributed by atoms with van der Waals surface area (Å²) in [4.78, 5) is 20.3. The lowest BCUT2D eigenvalue weighted by Gasteiger charge is -2.30. The number of benzene rings is 1. The van der Waals surface area contributed by atoms with Crippen molar-refractivity contribution in [1.82, 2.24) is 9.88 Å². The van der Waals surface area contributed by atoms with Crippen molar-refractivity contribution < 1.29 is 9.53 Å². The molecule has 0 radical (unpaired) electrons. The largest absolute Gasteiger partial charge is 0.444 e. The molecule has 2 aliphatic rings. The molecule has 2 aromatic rings. The minimum absolute atomic E-state index is 0.221. The van der Waals surface area contributed by atoms with Crippen LogP contribution in [0.5, 0.6) is 0 Å². The van der Waals surface area contributed by atoms with E-state index in [9.17, 15) is 4.79 Å². The van der Waals surface area contributed by atoms with Crippen LogP contribution in [0.2, 0.25) is 0 Å². The smallest absolute Gasteiger partial charge is 0.410 e. The molecule has 6 heteroatoms. The Morgan fingerprint density at radius 3 is 2.69 bits per heavy atom. The fraction of sp³-hybridized carbons (Fsp3) is 0.550. The first-order chi connectivity index (χ1) is 12.4. The highest BCUT2D eigenvalue weighted by Gasteiger charge is 2.28. The van der Waals surface area contributed by atoms with Gasteiger partial charge in [-0.1, -0.05) is 0 Å². The van der Waals surface area contributed by atoms with E-state index in [1.165, 1.54) is 33.8 Å². The summed E-state index contributed by atoms with van der Waals surface area (Å²) in [6.07, 6.45) is 0.626. The molecule has 1 aromatic heterocycles. The van der Waals surface area contributed by atoms with Crippen molar-refractivity contribution in [1.29, 1.82) is 0 Å². The van der Waals surface area contributed by atoms with Crippen molar-refractivity contribution in [3.63, 3.8) is 0 Å². The summed E-state index contributed by atoms with van der Waals surface area (Å²) < 4.78 is 5.57. The van der Waals surface area contributed by atoms with Crippen molar-refractivity contribution in [2.75, 3.05) is 36.0 Å². The van der Waals surface area contributed by atoms with E-state index >= 15 is 0 Å². The Labute approximate surface area is 159 Å². The molecular formula is C20H27N3O2S. The van der Waals surface area contributed by atoms with E-state index in [1.807, 2.05) is 37.4 Å². The number of ether oxygens (including phenoxy) is 1. The van der Waals surface area contributed by atoms with Gasteiger partial charge in [-0.3, -0.25) is 0 Å². The highest BCUT2D eigenvalue weighted by molar-refractivity contribution is 7.99. The minimum Gasteiger partial charge on any atom is -0.444 e. The van der Waals surface area contributed by atoms with Gasteiger partial charge in [0.25, 0.3) is 0 Å². The Kier molecular flexibility index (Phi) is 4.55. The number of H-pyrrole nitrogens is 1. The molecule has 1 N–H and O–H groups in total. The van der Waals surface area contributed by atoms with E-state index in [4.69, 9.17) is 4.74 Å². The number of amides is 1. The van der Waals surface area contributed by atoms with Crippen molar-refractivity contribution in [3.05, 3.63) is 29.5 Å². The van der Waals surface area contributed by atoms with Gasteiger partial charge in [-0.25, -0.2) is 4.79 Å². The quantitative estimate of drug-likeness (QED) is 0.820. The highest BCUT2D eigenvalue weighted by atomic mass is 32.2. The Hall–Kier alpha value is -1.82. The number of carbonyl (C=O) groups is 1. The van der Waals surface area contributed by atoms with Crippen LogP contribution in [0.1, 0.15) is 32.0 Å². The summed E-state index contributed by atoms with van der Waals surface area (Å²) in [5.74, 6) is 2.38. The fourth-order valence-electron chi connectivity index (χ4n) is 3.70. The van der Waals surface area contributed by atoms with E-state index in [0.29, 0.717) is 13.1 Å². The number of fused-ring (bicyclic) bond motifs is 3. The van der Waals surface area contributed by atoms with Crippen molar-refractivity contribution >= 4 is 34.4 Å². The van der Waals surface area contributed by atoms with Gasteiger partial charge in [0.1, 0.15) is 5.60 Å². The first kappa shape index (κ1) is 17.6. The summed E-state index contributed by atoms with van der Waals surface area (Å²) in [7, 11) is 0. The molecule has 0 saturated carbocycles. The SMILES string of the molecule is CC(C)(C)OC(=O)N1CCc2[nH]c3ccc(N4CCSCC4)cc3c2C1. The molecule has 2 aliphatic heterocycles. The van der Waals surface area contributed by atoms with Gasteiger partial charge < -0.3 is 19.5 Å². The molecule has 3 heterocycles. The number of anilines is 1. The Morgan fingerprint density at radius 1 is 1.19 bits per heavy atom. The average molecular weight is 374 g/mol. The standard InChI is InChI=1S/C20H27N3O2S/c1-20(2,3)25-19(24)23-7-6-18-16(13-23)15-12-14(4-5-17(15)21-18)22-8-10-26-11-9-22/h4-5,12,21H,6-11,13H2,1-3H3. The second-order valence-corrected chi connectivity index (χ2v) is 9.29. The van der Waals surface area contributed by atoms with Crippen LogP contribution >= 0.6 is 11.8 Å². The van der Waals surface area contributed by atoms with Gasteiger partial charge >= 0.3 is 6.09 Å². The van der Waals surface area contributed by atoms with Gasteiger partial charge in [0, 0.05) is 65.4 Å². The van der Waals surface area contributed by atoms with Gasteiger partial charge in [-0.05, 0) is 39.0 Å². The molecule has 0 aliphatic carbocycles. The number of nitrogens with zero attached hydrogens (tertiary/aromatic N) is 2. The Bertz CT molecular complexity index is 818. The predicted octanol–water partition coefficient (Wildman–Crippen LogP) is 4.01. The normalized spacial score (nSPS) is 18.1. The minimum atomic E-state index is -0.461. The summed E-state index contributed by atoms with van der Waals surface area (Å²) in [5.41, 5.74) is 4.48. The van der Waals surface area contributed by atoms with Gasteiger partial charge in [0.05, 0.1) is 6.54 Å². The average Bonchev–Trinajstić information content (AvgIpc) is 2.98. The van der Waals surface area contributed by atoms with E-state index in [0.717, 1.165) is 25.0 Å². The maximum atomic E-state index is 12.5. The third-order valence-electron chi connectivity index (χ3n) is 4.99. The summed E-state index contributed by atoms with van der Waals surface area (Å²) in [5, 5.41) is 1.24. The maximum Gasteiger partial charge on any atom is 0.410 e. The van der Waals surface area contributed by atoms with Crippen LogP contribution in [0, 0.1) is 0 Å². The highest BCUT2D eigenvalue weighted by Crippen LogP contribution is 2.32. The van der Waals surface area contributed by atoms with E-state index < -0.39 is 5.60 Å². The van der Waals surface area contributed by atoms with Crippen LogP contribution in [-0.2, 0) is 17.7 Å². The lowest BCUT2D eigenvalue weighted by molar-refractivity contribution is 0.0224. The van der Waals surface area contributed by atoms with Crippen LogP contribution < -0.4 is 4.90 Å². The zero-order chi connectivity index (χ0) is 18.3. The first-order valence-corrected chi connectivity index (χ1v) is 10.5. The van der Waals surface area contributed by atoms with E-state index in [2.05, 4.69) is 28.1 Å². The summed E-state index contributed by atoms with van der Waals surface area (Å²) >= 11 is 2.02. The predicted molar refractivity (Wildman–Crippen MR) is 108 cm³/mol. The van der Waals surface area contributed by atoms with Crippen LogP contribution in [0.15, 0.2) is 18.2 Å². The molecule has 0 spiro atoms. The number of aromatic nitrogens is 1. The molecule has 0 unspecified atom stereocenters. The Morgan fingerprint density at radius 2 is 1.96 bits per heavy atom. The molecule has 0 atom stereocenters. The van der Waals surface area contributed by atoms with Crippen molar-refractivity contribution in [2.24, 2.45) is 0 Å². The number of carbonyl (C=O) groups excluding carboxylic acids is 1. The molecule has 1 saturated heterocycles. The number of hydrogen-bond acceptors (Lipinski definition) is 4. The molecule has 1 aromatic carbocycles. The topological polar surface area (TPSA) is 48.6 Å². The zero-order valence-electron chi connectivity index (χ0n) is 15.8. The van der Waals surface area contributed by atoms with Gasteiger partial charge in [-0.2, -0.15) is 11.8 Å². The maximum absolute atomic E-state index is 12.5. The van der Waals surface area contributed by atoms with Crippen LogP contribution in [0.25, 0.3) is 10.9 Å². The number of hydrogen-bond donors (Lipinski definition) is 1. The number of aromatic amines is 1. The van der Waals surface area contributed by atoms with Gasteiger partial charge in [0.2, 0.25) is 0 Å². The van der Waals surface area contributed by atoms with Crippen LogP contribution in [0.3, 0.4) is 0 Å².